The lowest BCUT2D eigenvalue weighted by molar-refractivity contribution is 0.277. The fourth-order valence-corrected chi connectivity index (χ4v) is 6.26. The molecule has 1 aliphatic heterocycles. The molecule has 1 aliphatic carbocycles. The molecule has 2 atom stereocenters. The quantitative estimate of drug-likeness (QED) is 0.493. The summed E-state index contributed by atoms with van der Waals surface area (Å²) in [4.78, 5) is 15.9. The third-order valence-corrected chi connectivity index (χ3v) is 8.05. The van der Waals surface area contributed by atoms with Gasteiger partial charge < -0.3 is 10.3 Å². The van der Waals surface area contributed by atoms with E-state index in [1.165, 1.54) is 0 Å². The van der Waals surface area contributed by atoms with E-state index in [1.807, 2.05) is 16.8 Å². The van der Waals surface area contributed by atoms with Gasteiger partial charge in [0.25, 0.3) is 5.56 Å². The van der Waals surface area contributed by atoms with Gasteiger partial charge in [0.2, 0.25) is 0 Å². The Morgan fingerprint density at radius 1 is 1.27 bits per heavy atom. The van der Waals surface area contributed by atoms with Gasteiger partial charge in [0, 0.05) is 17.6 Å². The number of hydrogen-bond donors (Lipinski definition) is 4. The van der Waals surface area contributed by atoms with Gasteiger partial charge in [-0.15, -0.1) is 0 Å². The zero-order valence-electron chi connectivity index (χ0n) is 16.3. The molecule has 2 aromatic heterocycles. The van der Waals surface area contributed by atoms with Crippen LogP contribution in [-0.2, 0) is 6.42 Å². The van der Waals surface area contributed by atoms with Crippen molar-refractivity contribution in [1.29, 1.82) is 5.26 Å². The highest BCUT2D eigenvalue weighted by Crippen LogP contribution is 2.55. The molecule has 0 unspecified atom stereocenters. The van der Waals surface area contributed by atoms with E-state index in [2.05, 4.69) is 16.4 Å². The number of aromatic amines is 1. The zero-order chi connectivity index (χ0) is 20.9. The minimum Gasteiger partial charge on any atom is -0.338 e. The number of hydrogen-bond acceptors (Lipinski definition) is 6. The Balaban J connectivity index is 1.57. The van der Waals surface area contributed by atoms with Crippen molar-refractivity contribution in [3.05, 3.63) is 46.4 Å². The predicted molar refractivity (Wildman–Crippen MR) is 116 cm³/mol. The van der Waals surface area contributed by atoms with Crippen LogP contribution in [-0.4, -0.2) is 29.6 Å². The molecule has 30 heavy (non-hydrogen) atoms. The monoisotopic (exact) mass is 425 g/mol. The molecule has 0 saturated heterocycles. The van der Waals surface area contributed by atoms with Gasteiger partial charge >= 0.3 is 0 Å². The molecule has 1 aromatic carbocycles. The second-order valence-corrected chi connectivity index (χ2v) is 10.2. The lowest BCUT2D eigenvalue weighted by Gasteiger charge is -2.27. The van der Waals surface area contributed by atoms with Crippen molar-refractivity contribution in [3.8, 4) is 6.07 Å². The standard InChI is InChI=1S/C21H23N5O3S/c22-12-14-3-1-2-4-16(14)26-17-7-9-23-21(27)19(17)20(25-26)24-15-5-6-18-13(11-15)8-10-30(18,28)29/h5-7,9,11,14,16,28-29H,1-4,8,10H2,(H,23,27)(H,24,25)/t14-,16+/m1/s1. The number of aromatic nitrogens is 3. The maximum absolute atomic E-state index is 12.6. The topological polar surface area (TPSA) is 127 Å². The van der Waals surface area contributed by atoms with Crippen LogP contribution in [0.4, 0.5) is 11.5 Å². The van der Waals surface area contributed by atoms with Gasteiger partial charge in [0.1, 0.15) is 5.39 Å². The van der Waals surface area contributed by atoms with E-state index >= 15 is 0 Å². The molecule has 3 aromatic rings. The summed E-state index contributed by atoms with van der Waals surface area (Å²) in [7, 11) is -2.69. The molecule has 2 aliphatic rings. The van der Waals surface area contributed by atoms with Crippen LogP contribution >= 0.6 is 10.6 Å². The molecule has 0 bridgehead atoms. The number of nitriles is 1. The molecule has 1 fully saturated rings. The third kappa shape index (κ3) is 3.08. The Labute approximate surface area is 174 Å². The highest BCUT2D eigenvalue weighted by molar-refractivity contribution is 8.24. The molecule has 3 heterocycles. The third-order valence-electron chi connectivity index (χ3n) is 6.17. The summed E-state index contributed by atoms with van der Waals surface area (Å²) in [5, 5.41) is 18.1. The summed E-state index contributed by atoms with van der Waals surface area (Å²) in [6.45, 7) is 0. The van der Waals surface area contributed by atoms with E-state index in [0.29, 0.717) is 33.8 Å². The first-order valence-corrected chi connectivity index (χ1v) is 11.8. The number of fused-ring (bicyclic) bond motifs is 2. The van der Waals surface area contributed by atoms with E-state index in [9.17, 15) is 19.2 Å². The summed E-state index contributed by atoms with van der Waals surface area (Å²) in [5.74, 6) is 0.665. The van der Waals surface area contributed by atoms with E-state index in [-0.39, 0.29) is 17.5 Å². The number of pyridine rings is 1. The molecule has 4 N–H and O–H groups in total. The molecule has 0 spiro atoms. The molecular weight excluding hydrogens is 402 g/mol. The van der Waals surface area contributed by atoms with Crippen molar-refractivity contribution in [3.63, 3.8) is 0 Å². The molecule has 0 amide bonds. The van der Waals surface area contributed by atoms with Crippen molar-refractivity contribution in [2.75, 3.05) is 11.1 Å². The number of benzene rings is 1. The smallest absolute Gasteiger partial charge is 0.261 e. The second-order valence-electron chi connectivity index (χ2n) is 8.02. The van der Waals surface area contributed by atoms with E-state index in [0.717, 1.165) is 36.9 Å². The lowest BCUT2D eigenvalue weighted by Crippen LogP contribution is -2.23. The Kier molecular flexibility index (Phi) is 4.58. The average molecular weight is 426 g/mol. The first-order chi connectivity index (χ1) is 14.5. The number of H-pyrrole nitrogens is 1. The average Bonchev–Trinajstić information content (AvgIpc) is 3.26. The van der Waals surface area contributed by atoms with Crippen molar-refractivity contribution in [1.82, 2.24) is 14.8 Å². The number of aryl methyl sites for hydroxylation is 1. The highest BCUT2D eigenvalue weighted by Gasteiger charge is 2.30. The van der Waals surface area contributed by atoms with Crippen LogP contribution in [0.1, 0.15) is 37.3 Å². The van der Waals surface area contributed by atoms with Crippen LogP contribution in [0.3, 0.4) is 0 Å². The largest absolute Gasteiger partial charge is 0.338 e. The Hall–Kier alpha value is -2.80. The molecule has 5 rings (SSSR count). The highest BCUT2D eigenvalue weighted by atomic mass is 32.3. The van der Waals surface area contributed by atoms with Crippen molar-refractivity contribution < 1.29 is 9.11 Å². The Bertz CT molecular complexity index is 1230. The van der Waals surface area contributed by atoms with Crippen LogP contribution in [0.25, 0.3) is 10.9 Å². The van der Waals surface area contributed by atoms with Gasteiger partial charge in [-0.25, -0.2) is 0 Å². The minimum atomic E-state index is -2.69. The molecule has 156 valence electrons. The van der Waals surface area contributed by atoms with Crippen LogP contribution in [0, 0.1) is 17.2 Å². The normalized spacial score (nSPS) is 23.6. The van der Waals surface area contributed by atoms with Crippen LogP contribution < -0.4 is 10.9 Å². The van der Waals surface area contributed by atoms with Crippen molar-refractivity contribution >= 4 is 33.0 Å². The number of anilines is 2. The van der Waals surface area contributed by atoms with Crippen molar-refractivity contribution in [2.45, 2.75) is 43.0 Å². The lowest BCUT2D eigenvalue weighted by atomic mass is 9.85. The van der Waals surface area contributed by atoms with Crippen LogP contribution in [0.2, 0.25) is 0 Å². The Morgan fingerprint density at radius 3 is 2.93 bits per heavy atom. The molecular formula is C21H23N5O3S. The maximum Gasteiger partial charge on any atom is 0.261 e. The van der Waals surface area contributed by atoms with Gasteiger partial charge in [-0.05, 0) is 49.1 Å². The van der Waals surface area contributed by atoms with Gasteiger partial charge in [0.15, 0.2) is 5.82 Å². The Morgan fingerprint density at radius 2 is 2.10 bits per heavy atom. The summed E-state index contributed by atoms with van der Waals surface area (Å²) < 4.78 is 22.1. The minimum absolute atomic E-state index is 0.0587. The van der Waals surface area contributed by atoms with Gasteiger partial charge in [-0.3, -0.25) is 18.6 Å². The summed E-state index contributed by atoms with van der Waals surface area (Å²) in [5.41, 5.74) is 2.11. The number of rotatable bonds is 3. The second kappa shape index (κ2) is 7.16. The van der Waals surface area contributed by atoms with Gasteiger partial charge in [0.05, 0.1) is 28.4 Å². The predicted octanol–water partition coefficient (Wildman–Crippen LogP) is 4.39. The fourth-order valence-electron chi connectivity index (χ4n) is 4.66. The summed E-state index contributed by atoms with van der Waals surface area (Å²) in [6.07, 6.45) is 5.98. The SMILES string of the molecule is N#C[C@H]1CCCC[C@@H]1n1nc(Nc2ccc3c(c2)CCS3(O)O)c2c(=O)[nH]ccc21. The summed E-state index contributed by atoms with van der Waals surface area (Å²) >= 11 is 0. The molecule has 0 radical (unpaired) electrons. The van der Waals surface area contributed by atoms with E-state index in [4.69, 9.17) is 5.10 Å². The first-order valence-electron chi connectivity index (χ1n) is 10.1. The molecule has 8 nitrogen and oxygen atoms in total. The molecule has 9 heteroatoms. The molecule has 1 saturated carbocycles. The van der Waals surface area contributed by atoms with Crippen LogP contribution in [0.5, 0.6) is 0 Å². The van der Waals surface area contributed by atoms with Gasteiger partial charge in [-0.1, -0.05) is 12.8 Å². The van der Waals surface area contributed by atoms with Crippen molar-refractivity contribution in [2.24, 2.45) is 5.92 Å². The number of nitrogens with zero attached hydrogens (tertiary/aromatic N) is 3. The van der Waals surface area contributed by atoms with E-state index in [1.54, 1.807) is 18.3 Å². The zero-order valence-corrected chi connectivity index (χ0v) is 17.2. The first kappa shape index (κ1) is 19.2. The maximum atomic E-state index is 12.6. The van der Waals surface area contributed by atoms with Gasteiger partial charge in [-0.2, -0.15) is 21.0 Å². The number of nitrogens with one attached hydrogen (secondary N) is 2. The van der Waals surface area contributed by atoms with Crippen LogP contribution in [0.15, 0.2) is 40.2 Å². The van der Waals surface area contributed by atoms with E-state index < -0.39 is 10.6 Å². The summed E-state index contributed by atoms with van der Waals surface area (Å²) in [6, 6.07) is 9.58. The fraction of sp³-hybridized carbons (Fsp3) is 0.381.